The molecule has 0 bridgehead atoms. The van der Waals surface area contributed by atoms with Gasteiger partial charge in [-0.2, -0.15) is 5.10 Å². The van der Waals surface area contributed by atoms with Crippen LogP contribution in [-0.4, -0.2) is 33.0 Å². The van der Waals surface area contributed by atoms with Crippen LogP contribution < -0.4 is 10.1 Å². The van der Waals surface area contributed by atoms with Crippen LogP contribution in [0.15, 0.2) is 6.07 Å². The summed E-state index contributed by atoms with van der Waals surface area (Å²) in [5.41, 5.74) is 0.693. The van der Waals surface area contributed by atoms with Crippen molar-refractivity contribution < 1.29 is 9.53 Å². The predicted octanol–water partition coefficient (Wildman–Crippen LogP) is 0.864. The van der Waals surface area contributed by atoms with E-state index in [0.717, 1.165) is 11.3 Å². The Morgan fingerprint density at radius 2 is 2.39 bits per heavy atom. The van der Waals surface area contributed by atoms with Gasteiger partial charge in [0, 0.05) is 13.1 Å². The summed E-state index contributed by atoms with van der Waals surface area (Å²) in [6.45, 7) is 0.285. The summed E-state index contributed by atoms with van der Waals surface area (Å²) in [6, 6.07) is 1.74. The van der Waals surface area contributed by atoms with Gasteiger partial charge in [0.05, 0.1) is 19.3 Å². The van der Waals surface area contributed by atoms with E-state index in [-0.39, 0.29) is 21.9 Å². The SMILES string of the molecule is COc1cc(CNC(=O)c2nnc(Cl)s2)nn1C. The normalized spacial score (nSPS) is 10.4. The maximum Gasteiger partial charge on any atom is 0.282 e. The summed E-state index contributed by atoms with van der Waals surface area (Å²) in [5, 5.41) is 14.3. The Balaban J connectivity index is 1.97. The summed E-state index contributed by atoms with van der Waals surface area (Å²) in [5.74, 6) is 0.294. The van der Waals surface area contributed by atoms with Crippen LogP contribution in [0, 0.1) is 0 Å². The van der Waals surface area contributed by atoms with Crippen molar-refractivity contribution in [3.63, 3.8) is 0 Å². The maximum atomic E-state index is 11.7. The van der Waals surface area contributed by atoms with E-state index in [4.69, 9.17) is 16.3 Å². The number of aryl methyl sites for hydroxylation is 1. The van der Waals surface area contributed by atoms with Crippen LogP contribution in [0.2, 0.25) is 4.47 Å². The molecule has 2 aromatic rings. The summed E-state index contributed by atoms with van der Waals surface area (Å²) in [6.07, 6.45) is 0. The molecule has 9 heteroatoms. The number of aromatic nitrogens is 4. The Hall–Kier alpha value is -1.67. The molecule has 2 heterocycles. The number of rotatable bonds is 4. The van der Waals surface area contributed by atoms with E-state index in [2.05, 4.69) is 20.6 Å². The average Bonchev–Trinajstić information content (AvgIpc) is 2.92. The largest absolute Gasteiger partial charge is 0.481 e. The van der Waals surface area contributed by atoms with Crippen molar-refractivity contribution in [1.82, 2.24) is 25.3 Å². The first kappa shape index (κ1) is 12.8. The van der Waals surface area contributed by atoms with E-state index < -0.39 is 0 Å². The van der Waals surface area contributed by atoms with E-state index in [1.165, 1.54) is 0 Å². The van der Waals surface area contributed by atoms with Crippen LogP contribution >= 0.6 is 22.9 Å². The molecule has 2 rings (SSSR count). The molecule has 0 saturated carbocycles. The lowest BCUT2D eigenvalue weighted by molar-refractivity contribution is 0.0949. The van der Waals surface area contributed by atoms with E-state index in [0.29, 0.717) is 11.6 Å². The molecule has 1 N–H and O–H groups in total. The third kappa shape index (κ3) is 2.77. The highest BCUT2D eigenvalue weighted by atomic mass is 35.5. The second kappa shape index (κ2) is 5.32. The van der Waals surface area contributed by atoms with Gasteiger partial charge in [0.1, 0.15) is 0 Å². The molecular formula is C9H10ClN5O2S. The zero-order valence-corrected chi connectivity index (χ0v) is 11.2. The number of carbonyl (C=O) groups excluding carboxylic acids is 1. The van der Waals surface area contributed by atoms with Crippen LogP contribution in [0.1, 0.15) is 15.5 Å². The van der Waals surface area contributed by atoms with E-state index in [1.54, 1.807) is 24.9 Å². The van der Waals surface area contributed by atoms with Gasteiger partial charge in [-0.25, -0.2) is 4.68 Å². The lowest BCUT2D eigenvalue weighted by atomic mass is 10.4. The molecule has 0 saturated heterocycles. The van der Waals surface area contributed by atoms with Crippen molar-refractivity contribution in [2.45, 2.75) is 6.54 Å². The zero-order chi connectivity index (χ0) is 13.1. The summed E-state index contributed by atoms with van der Waals surface area (Å²) < 4.78 is 6.89. The standard InChI is InChI=1S/C9H10ClN5O2S/c1-15-6(17-2)3-5(14-15)4-11-7(16)8-12-13-9(10)18-8/h3H,4H2,1-2H3,(H,11,16). The molecule has 0 aliphatic carbocycles. The molecule has 96 valence electrons. The molecule has 1 amide bonds. The van der Waals surface area contributed by atoms with Crippen LogP contribution in [0.4, 0.5) is 0 Å². The fourth-order valence-electron chi connectivity index (χ4n) is 1.33. The Morgan fingerprint density at radius 3 is 2.94 bits per heavy atom. The zero-order valence-electron chi connectivity index (χ0n) is 9.68. The minimum Gasteiger partial charge on any atom is -0.481 e. The third-order valence-electron chi connectivity index (χ3n) is 2.12. The van der Waals surface area contributed by atoms with Gasteiger partial charge in [-0.15, -0.1) is 10.2 Å². The lowest BCUT2D eigenvalue weighted by Crippen LogP contribution is -2.22. The summed E-state index contributed by atoms with van der Waals surface area (Å²) >= 11 is 6.62. The number of nitrogens with zero attached hydrogens (tertiary/aromatic N) is 4. The van der Waals surface area contributed by atoms with Gasteiger partial charge in [-0.1, -0.05) is 11.3 Å². The minimum absolute atomic E-state index is 0.225. The first-order valence-electron chi connectivity index (χ1n) is 4.94. The molecule has 2 aromatic heterocycles. The quantitative estimate of drug-likeness (QED) is 0.902. The Morgan fingerprint density at radius 1 is 1.61 bits per heavy atom. The Bertz CT molecular complexity index is 567. The van der Waals surface area contributed by atoms with Gasteiger partial charge in [0.15, 0.2) is 0 Å². The molecule has 0 spiro atoms. The van der Waals surface area contributed by atoms with Gasteiger partial charge in [0.25, 0.3) is 5.91 Å². The molecule has 18 heavy (non-hydrogen) atoms. The van der Waals surface area contributed by atoms with Crippen LogP contribution in [0.5, 0.6) is 5.88 Å². The molecule has 7 nitrogen and oxygen atoms in total. The smallest absolute Gasteiger partial charge is 0.282 e. The number of hydrogen-bond acceptors (Lipinski definition) is 6. The average molecular weight is 288 g/mol. The van der Waals surface area contributed by atoms with Crippen LogP contribution in [0.25, 0.3) is 0 Å². The predicted molar refractivity (Wildman–Crippen MR) is 65.8 cm³/mol. The van der Waals surface area contributed by atoms with Crippen molar-refractivity contribution in [3.05, 3.63) is 21.2 Å². The highest BCUT2D eigenvalue weighted by molar-refractivity contribution is 7.17. The lowest BCUT2D eigenvalue weighted by Gasteiger charge is -1.98. The molecule has 0 radical (unpaired) electrons. The topological polar surface area (TPSA) is 81.9 Å². The first-order valence-corrected chi connectivity index (χ1v) is 6.13. The highest BCUT2D eigenvalue weighted by Gasteiger charge is 2.12. The fourth-order valence-corrected chi connectivity index (χ4v) is 2.07. The van der Waals surface area contributed by atoms with Crippen molar-refractivity contribution in [2.75, 3.05) is 7.11 Å². The van der Waals surface area contributed by atoms with E-state index in [9.17, 15) is 4.79 Å². The number of halogens is 1. The number of nitrogens with one attached hydrogen (secondary N) is 1. The number of methoxy groups -OCH3 is 1. The summed E-state index contributed by atoms with van der Waals surface area (Å²) in [4.78, 5) is 11.7. The molecule has 0 atom stereocenters. The van der Waals surface area contributed by atoms with Gasteiger partial charge in [-0.05, 0) is 11.6 Å². The molecular weight excluding hydrogens is 278 g/mol. The Labute approximate surface area is 112 Å². The number of amides is 1. The van der Waals surface area contributed by atoms with E-state index in [1.807, 2.05) is 0 Å². The molecule has 0 aromatic carbocycles. The van der Waals surface area contributed by atoms with Crippen molar-refractivity contribution in [2.24, 2.45) is 7.05 Å². The third-order valence-corrected chi connectivity index (χ3v) is 3.14. The van der Waals surface area contributed by atoms with Gasteiger partial charge in [-0.3, -0.25) is 4.79 Å². The fraction of sp³-hybridized carbons (Fsp3) is 0.333. The monoisotopic (exact) mass is 287 g/mol. The second-order valence-electron chi connectivity index (χ2n) is 3.34. The number of carbonyl (C=O) groups is 1. The van der Waals surface area contributed by atoms with Crippen LogP contribution in [0.3, 0.4) is 0 Å². The number of hydrogen-bond donors (Lipinski definition) is 1. The van der Waals surface area contributed by atoms with Crippen molar-refractivity contribution >= 4 is 28.8 Å². The van der Waals surface area contributed by atoms with Gasteiger partial charge >= 0.3 is 0 Å². The first-order chi connectivity index (χ1) is 8.60. The van der Waals surface area contributed by atoms with E-state index >= 15 is 0 Å². The second-order valence-corrected chi connectivity index (χ2v) is 4.90. The summed E-state index contributed by atoms with van der Waals surface area (Å²) in [7, 11) is 3.32. The Kier molecular flexibility index (Phi) is 3.78. The molecule has 0 fully saturated rings. The maximum absolute atomic E-state index is 11.7. The number of ether oxygens (including phenoxy) is 1. The van der Waals surface area contributed by atoms with Crippen molar-refractivity contribution in [3.8, 4) is 5.88 Å². The van der Waals surface area contributed by atoms with Gasteiger partial charge in [0.2, 0.25) is 15.4 Å². The molecule has 0 unspecified atom stereocenters. The van der Waals surface area contributed by atoms with Gasteiger partial charge < -0.3 is 10.1 Å². The molecule has 0 aliphatic heterocycles. The van der Waals surface area contributed by atoms with Crippen LogP contribution in [-0.2, 0) is 13.6 Å². The molecule has 0 aliphatic rings. The highest BCUT2D eigenvalue weighted by Crippen LogP contribution is 2.15. The minimum atomic E-state index is -0.330. The van der Waals surface area contributed by atoms with Crippen molar-refractivity contribution in [1.29, 1.82) is 0 Å².